The number of nitrogens with one attached hydrogen (secondary N) is 1. The zero-order chi connectivity index (χ0) is 15.2. The summed E-state index contributed by atoms with van der Waals surface area (Å²) in [4.78, 5) is 12.0. The quantitative estimate of drug-likeness (QED) is 0.887. The molecular weight excluding hydrogens is 268 g/mol. The lowest BCUT2D eigenvalue weighted by molar-refractivity contribution is 0.0942. The summed E-state index contributed by atoms with van der Waals surface area (Å²) in [6, 6.07) is 7.76. The van der Waals surface area contributed by atoms with E-state index in [9.17, 15) is 4.79 Å². The molecule has 0 atom stereocenters. The Morgan fingerprint density at radius 2 is 2.19 bits per heavy atom. The molecule has 0 radical (unpaired) electrons. The van der Waals surface area contributed by atoms with Gasteiger partial charge < -0.3 is 14.6 Å². The number of hydrogen-bond acceptors (Lipinski definition) is 4. The summed E-state index contributed by atoms with van der Waals surface area (Å²) in [7, 11) is 0. The molecule has 5 nitrogen and oxygen atoms in total. The molecule has 0 saturated carbocycles. The van der Waals surface area contributed by atoms with Crippen LogP contribution in [0.3, 0.4) is 0 Å². The number of amides is 1. The zero-order valence-corrected chi connectivity index (χ0v) is 12.6. The molecule has 112 valence electrons. The van der Waals surface area contributed by atoms with Crippen LogP contribution in [0.25, 0.3) is 0 Å². The summed E-state index contributed by atoms with van der Waals surface area (Å²) in [5, 5.41) is 6.62. The first kappa shape index (κ1) is 15.1. The van der Waals surface area contributed by atoms with Gasteiger partial charge in [-0.1, -0.05) is 24.2 Å². The highest BCUT2D eigenvalue weighted by atomic mass is 16.5. The van der Waals surface area contributed by atoms with Crippen molar-refractivity contribution in [2.75, 3.05) is 6.54 Å². The van der Waals surface area contributed by atoms with Gasteiger partial charge in [0.2, 0.25) is 0 Å². The highest BCUT2D eigenvalue weighted by Crippen LogP contribution is 2.18. The summed E-state index contributed by atoms with van der Waals surface area (Å²) in [6.45, 7) is 6.65. The van der Waals surface area contributed by atoms with Crippen LogP contribution in [0.1, 0.15) is 40.7 Å². The lowest BCUT2D eigenvalue weighted by atomic mass is 10.2. The summed E-state index contributed by atoms with van der Waals surface area (Å²) < 4.78 is 10.8. The van der Waals surface area contributed by atoms with Crippen molar-refractivity contribution in [1.29, 1.82) is 0 Å². The Labute approximate surface area is 124 Å². The maximum Gasteiger partial charge on any atom is 0.273 e. The number of nitrogens with zero attached hydrogens (tertiary/aromatic N) is 1. The average molecular weight is 288 g/mol. The predicted molar refractivity (Wildman–Crippen MR) is 79.4 cm³/mol. The predicted octanol–water partition coefficient (Wildman–Crippen LogP) is 3.01. The molecule has 0 spiro atoms. The van der Waals surface area contributed by atoms with Crippen LogP contribution in [0.5, 0.6) is 5.75 Å². The number of aryl methyl sites for hydroxylation is 2. The van der Waals surface area contributed by atoms with Crippen LogP contribution in [0.2, 0.25) is 0 Å². The summed E-state index contributed by atoms with van der Waals surface area (Å²) in [5.41, 5.74) is 2.11. The third-order valence-electron chi connectivity index (χ3n) is 3.11. The van der Waals surface area contributed by atoms with Crippen LogP contribution in [0.15, 0.2) is 28.8 Å². The topological polar surface area (TPSA) is 64.4 Å². The second-order valence-corrected chi connectivity index (χ2v) is 4.93. The molecule has 0 aliphatic heterocycles. The minimum absolute atomic E-state index is 0.225. The van der Waals surface area contributed by atoms with Crippen molar-refractivity contribution in [2.45, 2.75) is 33.8 Å². The van der Waals surface area contributed by atoms with Crippen LogP contribution in [-0.2, 0) is 6.61 Å². The number of ether oxygens (including phenoxy) is 1. The van der Waals surface area contributed by atoms with Crippen LogP contribution in [0, 0.1) is 13.8 Å². The molecule has 1 aromatic carbocycles. The van der Waals surface area contributed by atoms with Gasteiger partial charge in [0.05, 0.1) is 5.56 Å². The molecule has 2 rings (SSSR count). The Kier molecular flexibility index (Phi) is 4.98. The Hall–Kier alpha value is -2.30. The molecule has 0 aliphatic carbocycles. The molecule has 0 fully saturated rings. The standard InChI is InChI=1S/C16H20N2O3/c1-4-8-17-16(19)15-14(12(3)21-18-15)10-20-13-7-5-6-11(2)9-13/h5-7,9H,4,8,10H2,1-3H3,(H,17,19). The van der Waals surface area contributed by atoms with Crippen molar-refractivity contribution in [2.24, 2.45) is 0 Å². The minimum atomic E-state index is -0.225. The number of aromatic nitrogens is 1. The van der Waals surface area contributed by atoms with Gasteiger partial charge in [0.1, 0.15) is 18.1 Å². The number of carbonyl (C=O) groups is 1. The highest BCUT2D eigenvalue weighted by Gasteiger charge is 2.19. The average Bonchev–Trinajstić information content (AvgIpc) is 2.84. The fraction of sp³-hybridized carbons (Fsp3) is 0.375. The molecule has 0 unspecified atom stereocenters. The van der Waals surface area contributed by atoms with E-state index in [0.29, 0.717) is 23.6 Å². The van der Waals surface area contributed by atoms with E-state index in [0.717, 1.165) is 17.7 Å². The second-order valence-electron chi connectivity index (χ2n) is 4.93. The first-order valence-corrected chi connectivity index (χ1v) is 7.04. The van der Waals surface area contributed by atoms with Crippen molar-refractivity contribution >= 4 is 5.91 Å². The van der Waals surface area contributed by atoms with E-state index in [4.69, 9.17) is 9.26 Å². The van der Waals surface area contributed by atoms with E-state index < -0.39 is 0 Å². The molecule has 0 aliphatic rings. The van der Waals surface area contributed by atoms with Gasteiger partial charge >= 0.3 is 0 Å². The van der Waals surface area contributed by atoms with Gasteiger partial charge in [-0.25, -0.2) is 0 Å². The molecule has 1 N–H and O–H groups in total. The second kappa shape index (κ2) is 6.92. The van der Waals surface area contributed by atoms with Gasteiger partial charge in [-0.3, -0.25) is 4.79 Å². The smallest absolute Gasteiger partial charge is 0.273 e. The number of rotatable bonds is 6. The van der Waals surface area contributed by atoms with Gasteiger partial charge in [0, 0.05) is 6.54 Å². The van der Waals surface area contributed by atoms with Gasteiger partial charge in [0.15, 0.2) is 5.69 Å². The molecule has 2 aromatic rings. The number of benzene rings is 1. The van der Waals surface area contributed by atoms with Gasteiger partial charge in [-0.15, -0.1) is 0 Å². The van der Waals surface area contributed by atoms with Crippen LogP contribution >= 0.6 is 0 Å². The molecular formula is C16H20N2O3. The lowest BCUT2D eigenvalue weighted by Gasteiger charge is -2.07. The van der Waals surface area contributed by atoms with Crippen molar-refractivity contribution in [3.05, 3.63) is 46.8 Å². The fourth-order valence-corrected chi connectivity index (χ4v) is 1.92. The van der Waals surface area contributed by atoms with Crippen molar-refractivity contribution in [3.63, 3.8) is 0 Å². The van der Waals surface area contributed by atoms with Crippen LogP contribution in [-0.4, -0.2) is 17.6 Å². The summed E-state index contributed by atoms with van der Waals surface area (Å²) in [6.07, 6.45) is 0.873. The van der Waals surface area contributed by atoms with E-state index >= 15 is 0 Å². The maximum atomic E-state index is 12.0. The van der Waals surface area contributed by atoms with Gasteiger partial charge in [0.25, 0.3) is 5.91 Å². The zero-order valence-electron chi connectivity index (χ0n) is 12.6. The Morgan fingerprint density at radius 3 is 2.90 bits per heavy atom. The third kappa shape index (κ3) is 3.84. The normalized spacial score (nSPS) is 10.4. The van der Waals surface area contributed by atoms with E-state index in [1.165, 1.54) is 0 Å². The fourth-order valence-electron chi connectivity index (χ4n) is 1.92. The van der Waals surface area contributed by atoms with Crippen molar-refractivity contribution in [1.82, 2.24) is 10.5 Å². The Balaban J connectivity index is 2.09. The molecule has 1 aromatic heterocycles. The van der Waals surface area contributed by atoms with Crippen LogP contribution < -0.4 is 10.1 Å². The van der Waals surface area contributed by atoms with E-state index in [1.807, 2.05) is 38.1 Å². The van der Waals surface area contributed by atoms with Gasteiger partial charge in [-0.2, -0.15) is 0 Å². The molecule has 1 heterocycles. The SMILES string of the molecule is CCCNC(=O)c1noc(C)c1COc1cccc(C)c1. The largest absolute Gasteiger partial charge is 0.489 e. The summed E-state index contributed by atoms with van der Waals surface area (Å²) >= 11 is 0. The van der Waals surface area contributed by atoms with E-state index in [-0.39, 0.29) is 12.5 Å². The summed E-state index contributed by atoms with van der Waals surface area (Å²) in [5.74, 6) is 1.14. The molecule has 0 saturated heterocycles. The van der Waals surface area contributed by atoms with Crippen molar-refractivity contribution < 1.29 is 14.1 Å². The maximum absolute atomic E-state index is 12.0. The first-order chi connectivity index (χ1) is 10.1. The monoisotopic (exact) mass is 288 g/mol. The Bertz CT molecular complexity index is 620. The third-order valence-corrected chi connectivity index (χ3v) is 3.11. The lowest BCUT2D eigenvalue weighted by Crippen LogP contribution is -2.25. The minimum Gasteiger partial charge on any atom is -0.489 e. The van der Waals surface area contributed by atoms with Crippen LogP contribution in [0.4, 0.5) is 0 Å². The highest BCUT2D eigenvalue weighted by molar-refractivity contribution is 5.93. The van der Waals surface area contributed by atoms with Crippen molar-refractivity contribution in [3.8, 4) is 5.75 Å². The first-order valence-electron chi connectivity index (χ1n) is 7.04. The van der Waals surface area contributed by atoms with Gasteiger partial charge in [-0.05, 0) is 38.0 Å². The molecule has 1 amide bonds. The molecule has 21 heavy (non-hydrogen) atoms. The van der Waals surface area contributed by atoms with E-state index in [2.05, 4.69) is 10.5 Å². The Morgan fingerprint density at radius 1 is 1.38 bits per heavy atom. The number of hydrogen-bond donors (Lipinski definition) is 1. The molecule has 5 heteroatoms. The number of carbonyl (C=O) groups excluding carboxylic acids is 1. The van der Waals surface area contributed by atoms with E-state index in [1.54, 1.807) is 6.92 Å². The molecule has 0 bridgehead atoms.